The summed E-state index contributed by atoms with van der Waals surface area (Å²) in [5.41, 5.74) is 0.565. The summed E-state index contributed by atoms with van der Waals surface area (Å²) in [7, 11) is 0. The minimum Gasteiger partial charge on any atom is -0.490 e. The molecule has 76 valence electrons. The standard InChI is InChI=1S/C11H13FO2/c1-2-8-6-10(13)9-5-7(12)3-4-11(9)14-8/h3-5,8,10,13H,2,6H2,1H3. The molecule has 0 spiro atoms. The summed E-state index contributed by atoms with van der Waals surface area (Å²) >= 11 is 0. The fourth-order valence-electron chi connectivity index (χ4n) is 1.74. The summed E-state index contributed by atoms with van der Waals surface area (Å²) < 4.78 is 18.5. The van der Waals surface area contributed by atoms with E-state index >= 15 is 0 Å². The molecule has 0 amide bonds. The van der Waals surface area contributed by atoms with E-state index in [1.165, 1.54) is 12.1 Å². The van der Waals surface area contributed by atoms with Gasteiger partial charge in [-0.2, -0.15) is 0 Å². The van der Waals surface area contributed by atoms with Crippen LogP contribution in [-0.2, 0) is 0 Å². The van der Waals surface area contributed by atoms with Gasteiger partial charge >= 0.3 is 0 Å². The Hall–Kier alpha value is -1.09. The van der Waals surface area contributed by atoms with Crippen LogP contribution in [0, 0.1) is 5.82 Å². The molecule has 1 N–H and O–H groups in total. The molecule has 0 fully saturated rings. The zero-order valence-corrected chi connectivity index (χ0v) is 8.03. The Morgan fingerprint density at radius 3 is 3.07 bits per heavy atom. The smallest absolute Gasteiger partial charge is 0.125 e. The maximum absolute atomic E-state index is 12.9. The highest BCUT2D eigenvalue weighted by molar-refractivity contribution is 5.37. The van der Waals surface area contributed by atoms with Gasteiger partial charge in [-0.15, -0.1) is 0 Å². The molecule has 2 nitrogen and oxygen atoms in total. The molecule has 2 unspecified atom stereocenters. The summed E-state index contributed by atoms with van der Waals surface area (Å²) in [5.74, 6) is 0.276. The average molecular weight is 196 g/mol. The minimum absolute atomic E-state index is 0.0444. The third-order valence-electron chi connectivity index (χ3n) is 2.57. The lowest BCUT2D eigenvalue weighted by atomic mass is 9.98. The van der Waals surface area contributed by atoms with Crippen LogP contribution in [0.15, 0.2) is 18.2 Å². The number of hydrogen-bond acceptors (Lipinski definition) is 2. The molecule has 0 saturated heterocycles. The van der Waals surface area contributed by atoms with Crippen LogP contribution in [0.4, 0.5) is 4.39 Å². The van der Waals surface area contributed by atoms with E-state index in [2.05, 4.69) is 0 Å². The molecule has 1 aromatic rings. The van der Waals surface area contributed by atoms with Gasteiger partial charge in [0.1, 0.15) is 17.7 Å². The number of aliphatic hydroxyl groups excluding tert-OH is 1. The number of hydrogen-bond donors (Lipinski definition) is 1. The highest BCUT2D eigenvalue weighted by Crippen LogP contribution is 2.35. The Morgan fingerprint density at radius 1 is 1.57 bits per heavy atom. The molecular formula is C11H13FO2. The van der Waals surface area contributed by atoms with Gasteiger partial charge in [0.05, 0.1) is 6.10 Å². The summed E-state index contributed by atoms with van der Waals surface area (Å²) in [6.07, 6.45) is 0.850. The van der Waals surface area contributed by atoms with Crippen molar-refractivity contribution in [3.8, 4) is 5.75 Å². The Bertz CT molecular complexity index is 338. The lowest BCUT2D eigenvalue weighted by Crippen LogP contribution is -2.24. The van der Waals surface area contributed by atoms with E-state index in [-0.39, 0.29) is 11.9 Å². The number of aliphatic hydroxyl groups is 1. The van der Waals surface area contributed by atoms with E-state index in [1.54, 1.807) is 6.07 Å². The molecule has 3 heteroatoms. The Labute approximate surface area is 82.3 Å². The minimum atomic E-state index is -0.598. The number of fused-ring (bicyclic) bond motifs is 1. The average Bonchev–Trinajstić information content (AvgIpc) is 2.19. The number of ether oxygens (including phenoxy) is 1. The van der Waals surface area contributed by atoms with Gasteiger partial charge in [-0.25, -0.2) is 4.39 Å². The van der Waals surface area contributed by atoms with Crippen molar-refractivity contribution in [1.29, 1.82) is 0 Å². The van der Waals surface area contributed by atoms with Gasteiger partial charge < -0.3 is 9.84 Å². The first-order valence-corrected chi connectivity index (χ1v) is 4.85. The maximum atomic E-state index is 12.9. The monoisotopic (exact) mass is 196 g/mol. The third kappa shape index (κ3) is 1.60. The number of benzene rings is 1. The van der Waals surface area contributed by atoms with E-state index in [0.717, 1.165) is 6.42 Å². The Kier molecular flexibility index (Phi) is 2.42. The first kappa shape index (κ1) is 9.46. The quantitative estimate of drug-likeness (QED) is 0.747. The van der Waals surface area contributed by atoms with Gasteiger partial charge in [0.15, 0.2) is 0 Å². The zero-order chi connectivity index (χ0) is 10.1. The molecule has 14 heavy (non-hydrogen) atoms. The number of rotatable bonds is 1. The van der Waals surface area contributed by atoms with Crippen LogP contribution in [0.5, 0.6) is 5.75 Å². The van der Waals surface area contributed by atoms with Gasteiger partial charge in [0.2, 0.25) is 0 Å². The SMILES string of the molecule is CCC1CC(O)c2cc(F)ccc2O1. The van der Waals surface area contributed by atoms with Crippen molar-refractivity contribution in [2.24, 2.45) is 0 Å². The number of halogens is 1. The van der Waals surface area contributed by atoms with Crippen LogP contribution in [0.25, 0.3) is 0 Å². The topological polar surface area (TPSA) is 29.5 Å². The zero-order valence-electron chi connectivity index (χ0n) is 8.03. The van der Waals surface area contributed by atoms with E-state index in [1.807, 2.05) is 6.92 Å². The highest BCUT2D eigenvalue weighted by atomic mass is 19.1. The lowest BCUT2D eigenvalue weighted by Gasteiger charge is -2.28. The predicted molar refractivity (Wildman–Crippen MR) is 50.7 cm³/mol. The van der Waals surface area contributed by atoms with Gasteiger partial charge in [-0.05, 0) is 24.6 Å². The second kappa shape index (κ2) is 3.58. The van der Waals surface area contributed by atoms with Crippen LogP contribution in [-0.4, -0.2) is 11.2 Å². The molecule has 0 aromatic heterocycles. The van der Waals surface area contributed by atoms with Crippen molar-refractivity contribution >= 4 is 0 Å². The highest BCUT2D eigenvalue weighted by Gasteiger charge is 2.25. The summed E-state index contributed by atoms with van der Waals surface area (Å²) in [6.45, 7) is 2.01. The van der Waals surface area contributed by atoms with Crippen molar-refractivity contribution in [3.05, 3.63) is 29.6 Å². The van der Waals surface area contributed by atoms with Crippen LogP contribution >= 0.6 is 0 Å². The van der Waals surface area contributed by atoms with Gasteiger partial charge in [-0.3, -0.25) is 0 Å². The molecule has 1 aliphatic heterocycles. The van der Waals surface area contributed by atoms with Crippen LogP contribution in [0.3, 0.4) is 0 Å². The molecule has 1 aliphatic rings. The van der Waals surface area contributed by atoms with Crippen molar-refractivity contribution in [2.75, 3.05) is 0 Å². The molecule has 0 saturated carbocycles. The maximum Gasteiger partial charge on any atom is 0.125 e. The Morgan fingerprint density at radius 2 is 2.36 bits per heavy atom. The molecule has 0 radical (unpaired) electrons. The summed E-state index contributed by atoms with van der Waals surface area (Å²) in [5, 5.41) is 9.74. The Balaban J connectivity index is 2.35. The molecular weight excluding hydrogens is 183 g/mol. The first-order valence-electron chi connectivity index (χ1n) is 4.85. The second-order valence-corrected chi connectivity index (χ2v) is 3.58. The normalized spacial score (nSPS) is 25.4. The van der Waals surface area contributed by atoms with Crippen molar-refractivity contribution in [3.63, 3.8) is 0 Å². The largest absolute Gasteiger partial charge is 0.490 e. The van der Waals surface area contributed by atoms with Gasteiger partial charge in [0.25, 0.3) is 0 Å². The third-order valence-corrected chi connectivity index (χ3v) is 2.57. The second-order valence-electron chi connectivity index (χ2n) is 3.58. The van der Waals surface area contributed by atoms with E-state index in [0.29, 0.717) is 17.7 Å². The predicted octanol–water partition coefficient (Wildman–Crippen LogP) is 2.42. The van der Waals surface area contributed by atoms with Crippen molar-refractivity contribution < 1.29 is 14.2 Å². The van der Waals surface area contributed by atoms with E-state index in [9.17, 15) is 9.50 Å². The summed E-state index contributed by atoms with van der Waals surface area (Å²) in [6, 6.07) is 4.27. The molecule has 0 bridgehead atoms. The van der Waals surface area contributed by atoms with Crippen LogP contribution < -0.4 is 4.74 Å². The van der Waals surface area contributed by atoms with Gasteiger partial charge in [-0.1, -0.05) is 6.92 Å². The van der Waals surface area contributed by atoms with Gasteiger partial charge in [0, 0.05) is 12.0 Å². The van der Waals surface area contributed by atoms with Crippen molar-refractivity contribution in [1.82, 2.24) is 0 Å². The molecule has 1 aromatic carbocycles. The molecule has 0 aliphatic carbocycles. The summed E-state index contributed by atoms with van der Waals surface area (Å²) in [4.78, 5) is 0. The molecule has 1 heterocycles. The van der Waals surface area contributed by atoms with Crippen molar-refractivity contribution in [2.45, 2.75) is 32.0 Å². The molecule has 2 atom stereocenters. The van der Waals surface area contributed by atoms with E-state index < -0.39 is 6.10 Å². The molecule has 2 rings (SSSR count). The fraction of sp³-hybridized carbons (Fsp3) is 0.455. The van der Waals surface area contributed by atoms with Crippen LogP contribution in [0.1, 0.15) is 31.4 Å². The first-order chi connectivity index (χ1) is 6.70. The lowest BCUT2D eigenvalue weighted by molar-refractivity contribution is 0.0639. The fourth-order valence-corrected chi connectivity index (χ4v) is 1.74. The van der Waals surface area contributed by atoms with Crippen LogP contribution in [0.2, 0.25) is 0 Å². The van der Waals surface area contributed by atoms with E-state index in [4.69, 9.17) is 4.74 Å².